The maximum absolute atomic E-state index is 4.91. The van der Waals surface area contributed by atoms with E-state index in [-0.39, 0.29) is 0 Å². The Bertz CT molecular complexity index is 110. The first-order chi connectivity index (χ1) is 5.35. The SMILES string of the molecule is CCCC(CC)=NCCOC. The minimum absolute atomic E-state index is 0.743. The van der Waals surface area contributed by atoms with Crippen molar-refractivity contribution in [1.29, 1.82) is 0 Å². The quantitative estimate of drug-likeness (QED) is 0.428. The van der Waals surface area contributed by atoms with Gasteiger partial charge in [0, 0.05) is 12.8 Å². The molecule has 11 heavy (non-hydrogen) atoms. The van der Waals surface area contributed by atoms with Gasteiger partial charge in [0.1, 0.15) is 0 Å². The lowest BCUT2D eigenvalue weighted by molar-refractivity contribution is 0.208. The highest BCUT2D eigenvalue weighted by Crippen LogP contribution is 1.96. The molecule has 0 aliphatic carbocycles. The first-order valence-corrected chi connectivity index (χ1v) is 4.36. The van der Waals surface area contributed by atoms with Gasteiger partial charge in [0.2, 0.25) is 0 Å². The van der Waals surface area contributed by atoms with Gasteiger partial charge in [-0.15, -0.1) is 0 Å². The fraction of sp³-hybridized carbons (Fsp3) is 0.889. The second-order valence-electron chi connectivity index (χ2n) is 2.54. The summed E-state index contributed by atoms with van der Waals surface area (Å²) in [6, 6.07) is 0. The standard InChI is InChI=1S/C9H19NO/c1-4-6-9(5-2)10-7-8-11-3/h4-8H2,1-3H3. The molecule has 0 amide bonds. The third-order valence-corrected chi connectivity index (χ3v) is 1.58. The van der Waals surface area contributed by atoms with Crippen molar-refractivity contribution in [2.75, 3.05) is 20.3 Å². The molecule has 0 fully saturated rings. The predicted octanol–water partition coefficient (Wildman–Crippen LogP) is 2.28. The summed E-state index contributed by atoms with van der Waals surface area (Å²) < 4.78 is 4.91. The summed E-state index contributed by atoms with van der Waals surface area (Å²) in [5.41, 5.74) is 1.32. The van der Waals surface area contributed by atoms with Crippen molar-refractivity contribution in [2.24, 2.45) is 4.99 Å². The maximum atomic E-state index is 4.91. The number of hydrogen-bond acceptors (Lipinski definition) is 2. The molecule has 0 saturated heterocycles. The number of hydrogen-bond donors (Lipinski definition) is 0. The number of aliphatic imine (C=N–C) groups is 1. The minimum atomic E-state index is 0.743. The lowest BCUT2D eigenvalue weighted by Crippen LogP contribution is -2.00. The van der Waals surface area contributed by atoms with Crippen molar-refractivity contribution in [3.05, 3.63) is 0 Å². The smallest absolute Gasteiger partial charge is 0.0658 e. The molecule has 0 atom stereocenters. The molecule has 2 heteroatoms. The normalized spacial score (nSPS) is 12.1. The van der Waals surface area contributed by atoms with E-state index in [1.54, 1.807) is 7.11 Å². The van der Waals surface area contributed by atoms with Gasteiger partial charge in [-0.1, -0.05) is 20.3 Å². The Balaban J connectivity index is 3.52. The van der Waals surface area contributed by atoms with E-state index in [4.69, 9.17) is 4.74 Å². The van der Waals surface area contributed by atoms with Crippen molar-refractivity contribution in [2.45, 2.75) is 33.1 Å². The van der Waals surface area contributed by atoms with Crippen LogP contribution < -0.4 is 0 Å². The second-order valence-corrected chi connectivity index (χ2v) is 2.54. The molecular formula is C9H19NO. The van der Waals surface area contributed by atoms with Crippen molar-refractivity contribution >= 4 is 5.71 Å². The number of ether oxygens (including phenoxy) is 1. The lowest BCUT2D eigenvalue weighted by atomic mass is 10.2. The molecule has 0 bridgehead atoms. The van der Waals surface area contributed by atoms with Crippen LogP contribution in [0.3, 0.4) is 0 Å². The topological polar surface area (TPSA) is 21.6 Å². The van der Waals surface area contributed by atoms with Crippen molar-refractivity contribution < 1.29 is 4.74 Å². The predicted molar refractivity (Wildman–Crippen MR) is 49.4 cm³/mol. The summed E-state index contributed by atoms with van der Waals surface area (Å²) in [5.74, 6) is 0. The monoisotopic (exact) mass is 157 g/mol. The number of nitrogens with zero attached hydrogens (tertiary/aromatic N) is 1. The average Bonchev–Trinajstić information content (AvgIpc) is 2.03. The molecule has 0 N–H and O–H groups in total. The van der Waals surface area contributed by atoms with E-state index in [1.807, 2.05) is 0 Å². The van der Waals surface area contributed by atoms with Crippen molar-refractivity contribution in [1.82, 2.24) is 0 Å². The Morgan fingerprint density at radius 3 is 2.55 bits per heavy atom. The van der Waals surface area contributed by atoms with Gasteiger partial charge >= 0.3 is 0 Å². The molecule has 66 valence electrons. The molecule has 0 aromatic rings. The molecular weight excluding hydrogens is 138 g/mol. The first kappa shape index (κ1) is 10.6. The molecule has 0 rings (SSSR count). The zero-order valence-electron chi connectivity index (χ0n) is 7.89. The number of methoxy groups -OCH3 is 1. The Morgan fingerprint density at radius 2 is 2.09 bits per heavy atom. The summed E-state index contributed by atoms with van der Waals surface area (Å²) in [6.07, 6.45) is 3.41. The Labute approximate surface area is 69.7 Å². The fourth-order valence-electron chi connectivity index (χ4n) is 0.951. The summed E-state index contributed by atoms with van der Waals surface area (Å²) in [4.78, 5) is 4.41. The summed E-state index contributed by atoms with van der Waals surface area (Å²) in [6.45, 7) is 5.90. The highest BCUT2D eigenvalue weighted by molar-refractivity contribution is 5.84. The number of rotatable bonds is 6. The molecule has 0 aliphatic rings. The fourth-order valence-corrected chi connectivity index (χ4v) is 0.951. The zero-order chi connectivity index (χ0) is 8.53. The van der Waals surface area contributed by atoms with E-state index in [0.717, 1.165) is 26.0 Å². The van der Waals surface area contributed by atoms with E-state index >= 15 is 0 Å². The molecule has 0 aliphatic heterocycles. The highest BCUT2D eigenvalue weighted by atomic mass is 16.5. The average molecular weight is 157 g/mol. The maximum Gasteiger partial charge on any atom is 0.0658 e. The van der Waals surface area contributed by atoms with Gasteiger partial charge in [0.05, 0.1) is 13.2 Å². The van der Waals surface area contributed by atoms with Crippen molar-refractivity contribution in [3.63, 3.8) is 0 Å². The molecule has 0 saturated carbocycles. The van der Waals surface area contributed by atoms with Crippen LogP contribution in [-0.4, -0.2) is 26.0 Å². The van der Waals surface area contributed by atoms with E-state index in [0.29, 0.717) is 0 Å². The molecule has 0 heterocycles. The minimum Gasteiger partial charge on any atom is -0.383 e. The van der Waals surface area contributed by atoms with Gasteiger partial charge in [0.25, 0.3) is 0 Å². The Hall–Kier alpha value is -0.370. The third-order valence-electron chi connectivity index (χ3n) is 1.58. The van der Waals surface area contributed by atoms with Gasteiger partial charge in [0.15, 0.2) is 0 Å². The van der Waals surface area contributed by atoms with Gasteiger partial charge in [-0.25, -0.2) is 0 Å². The van der Waals surface area contributed by atoms with E-state index in [9.17, 15) is 0 Å². The van der Waals surface area contributed by atoms with Gasteiger partial charge < -0.3 is 4.74 Å². The van der Waals surface area contributed by atoms with E-state index in [2.05, 4.69) is 18.8 Å². The molecule has 2 nitrogen and oxygen atoms in total. The van der Waals surface area contributed by atoms with Gasteiger partial charge in [-0.2, -0.15) is 0 Å². The van der Waals surface area contributed by atoms with Crippen LogP contribution in [0.4, 0.5) is 0 Å². The van der Waals surface area contributed by atoms with Gasteiger partial charge in [-0.05, 0) is 12.8 Å². The Kier molecular flexibility index (Phi) is 7.47. The molecule has 0 aromatic heterocycles. The highest BCUT2D eigenvalue weighted by Gasteiger charge is 1.92. The Morgan fingerprint density at radius 1 is 1.36 bits per heavy atom. The summed E-state index contributed by atoms with van der Waals surface area (Å²) in [5, 5.41) is 0. The van der Waals surface area contributed by atoms with Gasteiger partial charge in [-0.3, -0.25) is 4.99 Å². The lowest BCUT2D eigenvalue weighted by Gasteiger charge is -2.00. The molecule has 0 aromatic carbocycles. The zero-order valence-corrected chi connectivity index (χ0v) is 7.89. The first-order valence-electron chi connectivity index (χ1n) is 4.36. The molecule has 0 unspecified atom stereocenters. The van der Waals surface area contributed by atoms with Crippen LogP contribution in [0.2, 0.25) is 0 Å². The van der Waals surface area contributed by atoms with Crippen molar-refractivity contribution in [3.8, 4) is 0 Å². The van der Waals surface area contributed by atoms with Crippen LogP contribution in [0.25, 0.3) is 0 Å². The molecule has 0 radical (unpaired) electrons. The van der Waals surface area contributed by atoms with Crippen LogP contribution in [0, 0.1) is 0 Å². The van der Waals surface area contributed by atoms with Crippen LogP contribution in [0.1, 0.15) is 33.1 Å². The largest absolute Gasteiger partial charge is 0.383 e. The van der Waals surface area contributed by atoms with E-state index in [1.165, 1.54) is 12.1 Å². The molecule has 0 spiro atoms. The summed E-state index contributed by atoms with van der Waals surface area (Å²) in [7, 11) is 1.71. The summed E-state index contributed by atoms with van der Waals surface area (Å²) >= 11 is 0. The third kappa shape index (κ3) is 6.05. The second kappa shape index (κ2) is 7.73. The van der Waals surface area contributed by atoms with Crippen LogP contribution in [0.15, 0.2) is 4.99 Å². The van der Waals surface area contributed by atoms with Crippen LogP contribution >= 0.6 is 0 Å². The van der Waals surface area contributed by atoms with Crippen LogP contribution in [0.5, 0.6) is 0 Å². The van der Waals surface area contributed by atoms with Crippen LogP contribution in [-0.2, 0) is 4.74 Å². The van der Waals surface area contributed by atoms with E-state index < -0.39 is 0 Å².